The van der Waals surface area contributed by atoms with Crippen molar-refractivity contribution in [3.63, 3.8) is 0 Å². The lowest BCUT2D eigenvalue weighted by molar-refractivity contribution is -0.116. The fourth-order valence-electron chi connectivity index (χ4n) is 1.79. The van der Waals surface area contributed by atoms with Gasteiger partial charge < -0.3 is 10.4 Å². The maximum absolute atomic E-state index is 11.7. The highest BCUT2D eigenvalue weighted by Crippen LogP contribution is 2.21. The van der Waals surface area contributed by atoms with Gasteiger partial charge in [-0.3, -0.25) is 4.79 Å². The Hall–Kier alpha value is -1.84. The molecule has 0 aliphatic rings. The number of amides is 1. The van der Waals surface area contributed by atoms with Crippen LogP contribution in [0.5, 0.6) is 0 Å². The van der Waals surface area contributed by atoms with Crippen LogP contribution in [-0.2, 0) is 4.79 Å². The standard InChI is InChI=1S/C14H19NO3/c1-8(2)5-13(16)15-12-7-11(14(17)18)9(3)6-10(12)4/h6-8H,5H2,1-4H3,(H,15,16)(H,17,18). The van der Waals surface area contributed by atoms with Gasteiger partial charge in [-0.05, 0) is 37.0 Å². The maximum atomic E-state index is 11.7. The van der Waals surface area contributed by atoms with Crippen LogP contribution in [-0.4, -0.2) is 17.0 Å². The topological polar surface area (TPSA) is 66.4 Å². The third-order valence-electron chi connectivity index (χ3n) is 2.67. The van der Waals surface area contributed by atoms with Crippen molar-refractivity contribution in [2.24, 2.45) is 5.92 Å². The van der Waals surface area contributed by atoms with Crippen LogP contribution in [0.15, 0.2) is 12.1 Å². The average Bonchev–Trinajstić information content (AvgIpc) is 2.20. The molecule has 0 radical (unpaired) electrons. The molecule has 2 N–H and O–H groups in total. The second kappa shape index (κ2) is 5.67. The smallest absolute Gasteiger partial charge is 0.336 e. The molecule has 0 aliphatic carbocycles. The van der Waals surface area contributed by atoms with Gasteiger partial charge in [0.2, 0.25) is 5.91 Å². The minimum atomic E-state index is -0.980. The van der Waals surface area contributed by atoms with Crippen molar-refractivity contribution in [2.45, 2.75) is 34.1 Å². The predicted molar refractivity (Wildman–Crippen MR) is 71.0 cm³/mol. The Labute approximate surface area is 107 Å². The normalized spacial score (nSPS) is 10.5. The summed E-state index contributed by atoms with van der Waals surface area (Å²) >= 11 is 0. The molecule has 18 heavy (non-hydrogen) atoms. The van der Waals surface area contributed by atoms with E-state index < -0.39 is 5.97 Å². The van der Waals surface area contributed by atoms with Crippen molar-refractivity contribution in [3.05, 3.63) is 28.8 Å². The third kappa shape index (κ3) is 3.58. The molecule has 1 amide bonds. The summed E-state index contributed by atoms with van der Waals surface area (Å²) in [5, 5.41) is 11.8. The van der Waals surface area contributed by atoms with E-state index in [9.17, 15) is 9.59 Å². The van der Waals surface area contributed by atoms with E-state index in [0.29, 0.717) is 17.7 Å². The van der Waals surface area contributed by atoms with Crippen molar-refractivity contribution in [2.75, 3.05) is 5.32 Å². The second-order valence-corrected chi connectivity index (χ2v) is 4.93. The van der Waals surface area contributed by atoms with E-state index in [1.807, 2.05) is 20.8 Å². The van der Waals surface area contributed by atoms with E-state index in [2.05, 4.69) is 5.32 Å². The summed E-state index contributed by atoms with van der Waals surface area (Å²) in [7, 11) is 0. The van der Waals surface area contributed by atoms with Crippen LogP contribution >= 0.6 is 0 Å². The first-order valence-electron chi connectivity index (χ1n) is 5.95. The minimum Gasteiger partial charge on any atom is -0.478 e. The van der Waals surface area contributed by atoms with Crippen LogP contribution in [0.3, 0.4) is 0 Å². The first-order chi connectivity index (χ1) is 8.31. The van der Waals surface area contributed by atoms with Gasteiger partial charge in [0, 0.05) is 12.1 Å². The van der Waals surface area contributed by atoms with Crippen molar-refractivity contribution in [1.29, 1.82) is 0 Å². The summed E-state index contributed by atoms with van der Waals surface area (Å²) in [4.78, 5) is 22.7. The molecule has 1 rings (SSSR count). The lowest BCUT2D eigenvalue weighted by atomic mass is 10.0. The van der Waals surface area contributed by atoms with Crippen LogP contribution in [0.2, 0.25) is 0 Å². The SMILES string of the molecule is Cc1cc(C)c(C(=O)O)cc1NC(=O)CC(C)C. The number of rotatable bonds is 4. The Balaban J connectivity index is 2.99. The number of carbonyl (C=O) groups is 2. The molecule has 4 nitrogen and oxygen atoms in total. The molecular weight excluding hydrogens is 230 g/mol. The van der Waals surface area contributed by atoms with E-state index in [1.54, 1.807) is 13.0 Å². The van der Waals surface area contributed by atoms with Crippen LogP contribution in [0.1, 0.15) is 41.8 Å². The molecule has 0 spiro atoms. The molecule has 4 heteroatoms. The summed E-state index contributed by atoms with van der Waals surface area (Å²) in [6.07, 6.45) is 0.426. The van der Waals surface area contributed by atoms with E-state index >= 15 is 0 Å². The monoisotopic (exact) mass is 249 g/mol. The number of anilines is 1. The number of carboxylic acid groups (broad SMARTS) is 1. The zero-order valence-electron chi connectivity index (χ0n) is 11.2. The molecule has 1 aromatic carbocycles. The molecule has 0 saturated heterocycles. The number of benzene rings is 1. The van der Waals surface area contributed by atoms with E-state index in [4.69, 9.17) is 5.11 Å². The Morgan fingerprint density at radius 1 is 1.22 bits per heavy atom. The molecule has 0 aromatic heterocycles. The van der Waals surface area contributed by atoms with Gasteiger partial charge in [-0.25, -0.2) is 4.79 Å². The molecule has 0 bridgehead atoms. The van der Waals surface area contributed by atoms with Gasteiger partial charge in [0.1, 0.15) is 0 Å². The summed E-state index contributed by atoms with van der Waals surface area (Å²) in [6.45, 7) is 7.52. The highest BCUT2D eigenvalue weighted by atomic mass is 16.4. The van der Waals surface area contributed by atoms with E-state index in [0.717, 1.165) is 5.56 Å². The largest absolute Gasteiger partial charge is 0.478 e. The quantitative estimate of drug-likeness (QED) is 0.862. The molecule has 0 unspecified atom stereocenters. The number of carbonyl (C=O) groups excluding carboxylic acids is 1. The fraction of sp³-hybridized carbons (Fsp3) is 0.429. The summed E-state index contributed by atoms with van der Waals surface area (Å²) in [5.74, 6) is -0.796. The number of hydrogen-bond donors (Lipinski definition) is 2. The van der Waals surface area contributed by atoms with Gasteiger partial charge in [-0.2, -0.15) is 0 Å². The highest BCUT2D eigenvalue weighted by molar-refractivity contribution is 5.95. The second-order valence-electron chi connectivity index (χ2n) is 4.93. The van der Waals surface area contributed by atoms with Gasteiger partial charge in [0.15, 0.2) is 0 Å². The van der Waals surface area contributed by atoms with Gasteiger partial charge >= 0.3 is 5.97 Å². The Bertz CT molecular complexity index is 478. The summed E-state index contributed by atoms with van der Waals surface area (Å²) in [5.41, 5.74) is 2.36. The maximum Gasteiger partial charge on any atom is 0.336 e. The molecule has 1 aromatic rings. The van der Waals surface area contributed by atoms with Crippen molar-refractivity contribution in [3.8, 4) is 0 Å². The first-order valence-corrected chi connectivity index (χ1v) is 5.95. The number of aromatic carboxylic acids is 1. The fourth-order valence-corrected chi connectivity index (χ4v) is 1.79. The summed E-state index contributed by atoms with van der Waals surface area (Å²) < 4.78 is 0. The first kappa shape index (κ1) is 14.2. The minimum absolute atomic E-state index is 0.0895. The molecule has 0 aliphatic heterocycles. The third-order valence-corrected chi connectivity index (χ3v) is 2.67. The zero-order valence-corrected chi connectivity index (χ0v) is 11.2. The van der Waals surface area contributed by atoms with Gasteiger partial charge in [0.25, 0.3) is 0 Å². The molecular formula is C14H19NO3. The van der Waals surface area contributed by atoms with Crippen LogP contribution < -0.4 is 5.32 Å². The van der Waals surface area contributed by atoms with Crippen molar-refractivity contribution < 1.29 is 14.7 Å². The van der Waals surface area contributed by atoms with Crippen LogP contribution in [0.4, 0.5) is 5.69 Å². The van der Waals surface area contributed by atoms with Crippen LogP contribution in [0.25, 0.3) is 0 Å². The lowest BCUT2D eigenvalue weighted by Gasteiger charge is -2.12. The Morgan fingerprint density at radius 2 is 1.83 bits per heavy atom. The Morgan fingerprint density at radius 3 is 2.33 bits per heavy atom. The van der Waals surface area contributed by atoms with E-state index in [1.165, 1.54) is 6.07 Å². The summed E-state index contributed by atoms with van der Waals surface area (Å²) in [6, 6.07) is 3.29. The molecule has 0 heterocycles. The molecule has 98 valence electrons. The number of carboxylic acids is 1. The van der Waals surface area contributed by atoms with E-state index in [-0.39, 0.29) is 17.4 Å². The van der Waals surface area contributed by atoms with Crippen molar-refractivity contribution >= 4 is 17.6 Å². The molecule has 0 saturated carbocycles. The van der Waals surface area contributed by atoms with Crippen molar-refractivity contribution in [1.82, 2.24) is 0 Å². The number of hydrogen-bond acceptors (Lipinski definition) is 2. The Kier molecular flexibility index (Phi) is 4.48. The molecule has 0 atom stereocenters. The predicted octanol–water partition coefficient (Wildman–Crippen LogP) is 2.99. The van der Waals surface area contributed by atoms with Gasteiger partial charge in [-0.15, -0.1) is 0 Å². The van der Waals surface area contributed by atoms with Crippen LogP contribution in [0, 0.1) is 19.8 Å². The number of aryl methyl sites for hydroxylation is 2. The van der Waals surface area contributed by atoms with Gasteiger partial charge in [-0.1, -0.05) is 19.9 Å². The molecule has 0 fully saturated rings. The lowest BCUT2D eigenvalue weighted by Crippen LogP contribution is -2.15. The number of nitrogens with one attached hydrogen (secondary N) is 1. The zero-order chi connectivity index (χ0) is 13.9. The van der Waals surface area contributed by atoms with Gasteiger partial charge in [0.05, 0.1) is 5.56 Å². The highest BCUT2D eigenvalue weighted by Gasteiger charge is 2.12. The average molecular weight is 249 g/mol.